The molecule has 0 aliphatic rings. The lowest BCUT2D eigenvalue weighted by Gasteiger charge is -2.12. The van der Waals surface area contributed by atoms with Crippen LogP contribution in [0, 0.1) is 0 Å². The van der Waals surface area contributed by atoms with Crippen LogP contribution in [-0.4, -0.2) is 15.0 Å². The van der Waals surface area contributed by atoms with Crippen molar-refractivity contribution in [3.8, 4) is 78.7 Å². The molecular weight excluding hydrogens is 671 g/mol. The Morgan fingerprint density at radius 2 is 0.709 bits per heavy atom. The summed E-state index contributed by atoms with van der Waals surface area (Å²) in [5.41, 5.74) is 13.9. The highest BCUT2D eigenvalue weighted by atomic mass is 16.3. The first kappa shape index (κ1) is 32.2. The van der Waals surface area contributed by atoms with E-state index in [4.69, 9.17) is 19.4 Å². The standard InChI is InChI=1S/C51H33N3O/c1-5-15-34(16-6-1)38-23-13-24-39(29-38)50-52-49(37-21-11-4-12-22-37)53-51(54-50)40-27-28-46-45(33-40)48-44(25-14-26-47(48)55-46)43-31-41(35-17-7-2-8-18-35)30-42(32-43)36-19-9-3-10-20-36/h1-33H/p+1. The van der Waals surface area contributed by atoms with Crippen LogP contribution in [0.5, 0.6) is 0 Å². The van der Waals surface area contributed by atoms with Gasteiger partial charge in [0.2, 0.25) is 0 Å². The van der Waals surface area contributed by atoms with Crippen molar-refractivity contribution < 1.29 is 4.42 Å². The molecule has 1 N–H and O–H groups in total. The summed E-state index contributed by atoms with van der Waals surface area (Å²) in [6.07, 6.45) is 0. The lowest BCUT2D eigenvalue weighted by Crippen LogP contribution is -2.00. The van der Waals surface area contributed by atoms with E-state index in [2.05, 4.69) is 164 Å². The maximum atomic E-state index is 5.13. The van der Waals surface area contributed by atoms with Crippen LogP contribution in [0.3, 0.4) is 0 Å². The van der Waals surface area contributed by atoms with Crippen molar-refractivity contribution in [3.63, 3.8) is 0 Å². The van der Waals surface area contributed by atoms with Gasteiger partial charge in [0, 0.05) is 28.8 Å². The van der Waals surface area contributed by atoms with Gasteiger partial charge in [0.1, 0.15) is 0 Å². The summed E-state index contributed by atoms with van der Waals surface area (Å²) in [6.45, 7) is 0. The topological polar surface area (TPSA) is 51.5 Å². The Morgan fingerprint density at radius 3 is 1.31 bits per heavy atom. The van der Waals surface area contributed by atoms with Gasteiger partial charge in [-0.3, -0.25) is 0 Å². The molecule has 4 nitrogen and oxygen atoms in total. The summed E-state index contributed by atoms with van der Waals surface area (Å²) < 4.78 is 5.11. The Balaban J connectivity index is 1.15. The van der Waals surface area contributed by atoms with Crippen molar-refractivity contribution in [2.45, 2.75) is 0 Å². The summed E-state index contributed by atoms with van der Waals surface area (Å²) >= 11 is 0. The number of rotatable bonds is 7. The van der Waals surface area contributed by atoms with Gasteiger partial charge in [0.15, 0.2) is 17.5 Å². The zero-order valence-electron chi connectivity index (χ0n) is 29.8. The number of nitrogens with zero attached hydrogens (tertiary/aromatic N) is 3. The normalized spacial score (nSPS) is 11.3. The van der Waals surface area contributed by atoms with Gasteiger partial charge >= 0.3 is 0 Å². The van der Waals surface area contributed by atoms with Gasteiger partial charge in [-0.15, -0.1) is 0 Å². The van der Waals surface area contributed by atoms with E-state index in [0.717, 1.165) is 60.9 Å². The Labute approximate surface area is 319 Å². The summed E-state index contributed by atoms with van der Waals surface area (Å²) in [7, 11) is 0. The second-order valence-corrected chi connectivity index (χ2v) is 13.7. The third-order valence-electron chi connectivity index (χ3n) is 10.2. The average molecular weight is 705 g/mol. The van der Waals surface area contributed by atoms with Crippen LogP contribution < -0.4 is 0 Å². The SMILES string of the molecule is c1ccc(-c2cccc(-c3nc(-c4ccccc4)nc(-c4ccc5[oH+]c6cccc(-c7cc(-c8ccccc8)cc(-c8ccccc8)c7)c6c5c4)n3)c2)cc1. The van der Waals surface area contributed by atoms with Gasteiger partial charge in [-0.1, -0.05) is 152 Å². The van der Waals surface area contributed by atoms with Crippen LogP contribution in [0.1, 0.15) is 0 Å². The second kappa shape index (κ2) is 13.8. The number of hydrogen-bond donors (Lipinski definition) is 0. The first-order valence-corrected chi connectivity index (χ1v) is 18.5. The van der Waals surface area contributed by atoms with Gasteiger partial charge in [-0.05, 0) is 80.9 Å². The third kappa shape index (κ3) is 6.26. The Morgan fingerprint density at radius 1 is 0.273 bits per heavy atom. The largest absolute Gasteiger partial charge is 0.545 e. The Hall–Kier alpha value is -7.43. The van der Waals surface area contributed by atoms with E-state index in [0.29, 0.717) is 17.5 Å². The zero-order valence-corrected chi connectivity index (χ0v) is 29.8. The predicted molar refractivity (Wildman–Crippen MR) is 226 cm³/mol. The van der Waals surface area contributed by atoms with E-state index in [1.54, 1.807) is 0 Å². The molecule has 258 valence electrons. The highest BCUT2D eigenvalue weighted by Crippen LogP contribution is 2.41. The number of benzene rings is 8. The maximum absolute atomic E-state index is 5.13. The molecule has 0 fully saturated rings. The van der Waals surface area contributed by atoms with Crippen molar-refractivity contribution in [2.75, 3.05) is 0 Å². The number of aromatic nitrogens is 3. The first-order valence-electron chi connectivity index (χ1n) is 18.5. The highest BCUT2D eigenvalue weighted by molar-refractivity contribution is 6.13. The number of hydrogen-bond acceptors (Lipinski definition) is 3. The monoisotopic (exact) mass is 704 g/mol. The van der Waals surface area contributed by atoms with Gasteiger partial charge in [0.25, 0.3) is 11.2 Å². The minimum Gasteiger partial charge on any atom is -0.545 e. The molecule has 0 saturated heterocycles. The van der Waals surface area contributed by atoms with E-state index >= 15 is 0 Å². The van der Waals surface area contributed by atoms with Crippen molar-refractivity contribution >= 4 is 21.9 Å². The molecule has 0 saturated carbocycles. The molecular formula is C51H34N3O+. The third-order valence-corrected chi connectivity index (χ3v) is 10.2. The predicted octanol–water partition coefficient (Wildman–Crippen LogP) is 13.6. The smallest absolute Gasteiger partial charge is 0.269 e. The first-order chi connectivity index (χ1) is 27.2. The second-order valence-electron chi connectivity index (χ2n) is 13.7. The fourth-order valence-electron chi connectivity index (χ4n) is 7.46. The molecule has 10 aromatic rings. The molecule has 4 heteroatoms. The summed E-state index contributed by atoms with van der Waals surface area (Å²) in [5, 5.41) is 2.17. The minimum absolute atomic E-state index is 0.611. The molecule has 0 bridgehead atoms. The fourth-order valence-corrected chi connectivity index (χ4v) is 7.46. The summed E-state index contributed by atoms with van der Waals surface area (Å²) in [4.78, 5) is 15.2. The van der Waals surface area contributed by atoms with Crippen LogP contribution in [0.2, 0.25) is 0 Å². The van der Waals surface area contributed by atoms with Gasteiger partial charge in [-0.2, -0.15) is 0 Å². The van der Waals surface area contributed by atoms with Crippen molar-refractivity contribution in [1.29, 1.82) is 0 Å². The van der Waals surface area contributed by atoms with Crippen molar-refractivity contribution in [1.82, 2.24) is 15.0 Å². The van der Waals surface area contributed by atoms with E-state index in [-0.39, 0.29) is 0 Å². The molecule has 0 spiro atoms. The van der Waals surface area contributed by atoms with E-state index < -0.39 is 0 Å². The molecule has 55 heavy (non-hydrogen) atoms. The molecule has 2 aromatic heterocycles. The van der Waals surface area contributed by atoms with Crippen LogP contribution in [-0.2, 0) is 0 Å². The Bertz CT molecular complexity index is 2900. The lowest BCUT2D eigenvalue weighted by molar-refractivity contribution is 0.669. The maximum Gasteiger partial charge on any atom is 0.269 e. The Kier molecular flexibility index (Phi) is 8.12. The van der Waals surface area contributed by atoms with Gasteiger partial charge in [0.05, 0.1) is 10.8 Å². The molecule has 8 aromatic carbocycles. The molecule has 0 radical (unpaired) electrons. The summed E-state index contributed by atoms with van der Waals surface area (Å²) in [5.74, 6) is 1.86. The van der Waals surface area contributed by atoms with E-state index in [1.807, 2.05) is 36.4 Å². The quantitative estimate of drug-likeness (QED) is 0.155. The molecule has 2 heterocycles. The molecule has 0 aliphatic heterocycles. The van der Waals surface area contributed by atoms with Crippen LogP contribution >= 0.6 is 0 Å². The van der Waals surface area contributed by atoms with Gasteiger partial charge in [-0.25, -0.2) is 15.0 Å². The highest BCUT2D eigenvalue weighted by Gasteiger charge is 2.21. The number of fused-ring (bicyclic) bond motifs is 3. The molecule has 0 amide bonds. The number of furan rings is 1. The molecule has 0 unspecified atom stereocenters. The van der Waals surface area contributed by atoms with Gasteiger partial charge < -0.3 is 4.42 Å². The molecule has 10 rings (SSSR count). The molecule has 0 aliphatic carbocycles. The van der Waals surface area contributed by atoms with Crippen molar-refractivity contribution in [2.24, 2.45) is 0 Å². The lowest BCUT2D eigenvalue weighted by atomic mass is 9.91. The van der Waals surface area contributed by atoms with E-state index in [1.165, 1.54) is 22.3 Å². The average Bonchev–Trinajstić information content (AvgIpc) is 3.66. The van der Waals surface area contributed by atoms with Crippen LogP contribution in [0.15, 0.2) is 205 Å². The van der Waals surface area contributed by atoms with Crippen molar-refractivity contribution in [3.05, 3.63) is 200 Å². The summed E-state index contributed by atoms with van der Waals surface area (Å²) in [6, 6.07) is 69.8. The van der Waals surface area contributed by atoms with E-state index in [9.17, 15) is 0 Å². The van der Waals surface area contributed by atoms with Crippen LogP contribution in [0.4, 0.5) is 0 Å². The fraction of sp³-hybridized carbons (Fsp3) is 0. The molecule has 0 atom stereocenters. The van der Waals surface area contributed by atoms with Crippen LogP contribution in [0.25, 0.3) is 101 Å². The zero-order chi connectivity index (χ0) is 36.6. The minimum atomic E-state index is 0.611.